The quantitative estimate of drug-likeness (QED) is 0.184. The number of Topliss-reactive ketones (excluding diaryl/α,β-unsaturated/α-hetero) is 1. The van der Waals surface area contributed by atoms with Crippen LogP contribution >= 0.6 is 0 Å². The SMILES string of the molecule is O=C(COC(=O)c1c2c(nc3ccccc13)CC[C@H](c1ccccc1)C2)c1ccc(-c2ccccc2)cc1. The van der Waals surface area contributed by atoms with Crippen LogP contribution in [0.3, 0.4) is 0 Å². The largest absolute Gasteiger partial charge is 0.454 e. The highest BCUT2D eigenvalue weighted by atomic mass is 16.5. The summed E-state index contributed by atoms with van der Waals surface area (Å²) >= 11 is 0. The Bertz CT molecular complexity index is 1610. The van der Waals surface area contributed by atoms with Crippen molar-refractivity contribution in [2.45, 2.75) is 25.2 Å². The molecule has 1 aliphatic carbocycles. The van der Waals surface area contributed by atoms with E-state index in [0.717, 1.165) is 52.5 Å². The van der Waals surface area contributed by atoms with Gasteiger partial charge in [-0.3, -0.25) is 9.78 Å². The molecule has 1 heterocycles. The second-order valence-corrected chi connectivity index (χ2v) is 9.72. The van der Waals surface area contributed by atoms with Gasteiger partial charge in [-0.05, 0) is 53.5 Å². The van der Waals surface area contributed by atoms with Crippen molar-refractivity contribution in [2.75, 3.05) is 6.61 Å². The van der Waals surface area contributed by atoms with Gasteiger partial charge in [0.15, 0.2) is 12.4 Å². The number of benzene rings is 4. The van der Waals surface area contributed by atoms with Crippen LogP contribution in [0, 0.1) is 0 Å². The summed E-state index contributed by atoms with van der Waals surface area (Å²) in [4.78, 5) is 31.4. The van der Waals surface area contributed by atoms with Gasteiger partial charge in [0.2, 0.25) is 0 Å². The monoisotopic (exact) mass is 497 g/mol. The number of ketones is 1. The average Bonchev–Trinajstić information content (AvgIpc) is 2.99. The van der Waals surface area contributed by atoms with E-state index in [2.05, 4.69) is 24.3 Å². The molecule has 0 spiro atoms. The molecule has 4 aromatic carbocycles. The Morgan fingerprint density at radius 1 is 0.763 bits per heavy atom. The second kappa shape index (κ2) is 10.4. The molecule has 0 radical (unpaired) electrons. The Morgan fingerprint density at radius 3 is 2.18 bits per heavy atom. The van der Waals surface area contributed by atoms with Gasteiger partial charge in [0.05, 0.1) is 11.1 Å². The third kappa shape index (κ3) is 4.73. The van der Waals surface area contributed by atoms with Gasteiger partial charge < -0.3 is 4.74 Å². The molecule has 0 bridgehead atoms. The van der Waals surface area contributed by atoms with E-state index >= 15 is 0 Å². The Balaban J connectivity index is 1.25. The summed E-state index contributed by atoms with van der Waals surface area (Å²) in [6.45, 7) is -0.308. The lowest BCUT2D eigenvalue weighted by Crippen LogP contribution is -2.21. The standard InChI is InChI=1S/C34H27NO3/c36-32(26-17-15-25(16-18-26)23-9-3-1-4-10-23)22-38-34(37)33-28-13-7-8-14-30(28)35-31-20-19-27(21-29(31)33)24-11-5-2-6-12-24/h1-18,27H,19-22H2/t27-/m0/s1. The molecule has 4 heteroatoms. The molecule has 0 saturated heterocycles. The van der Waals surface area contributed by atoms with E-state index < -0.39 is 5.97 Å². The molecular weight excluding hydrogens is 470 g/mol. The molecule has 0 unspecified atom stereocenters. The van der Waals surface area contributed by atoms with Gasteiger partial charge in [0.1, 0.15) is 0 Å². The molecule has 0 amide bonds. The van der Waals surface area contributed by atoms with Crippen LogP contribution in [0.2, 0.25) is 0 Å². The first-order valence-corrected chi connectivity index (χ1v) is 13.0. The molecule has 6 rings (SSSR count). The van der Waals surface area contributed by atoms with E-state index in [1.165, 1.54) is 5.56 Å². The molecule has 1 aromatic heterocycles. The molecule has 1 atom stereocenters. The van der Waals surface area contributed by atoms with Crippen LogP contribution in [-0.2, 0) is 17.6 Å². The third-order valence-corrected chi connectivity index (χ3v) is 7.38. The first-order chi connectivity index (χ1) is 18.7. The van der Waals surface area contributed by atoms with E-state index in [1.54, 1.807) is 12.1 Å². The van der Waals surface area contributed by atoms with Gasteiger partial charge in [0.25, 0.3) is 0 Å². The molecule has 0 N–H and O–H groups in total. The van der Waals surface area contributed by atoms with Crippen LogP contribution in [0.1, 0.15) is 49.9 Å². The van der Waals surface area contributed by atoms with Crippen molar-refractivity contribution in [3.05, 3.63) is 137 Å². The number of esters is 1. The number of para-hydroxylation sites is 1. The van der Waals surface area contributed by atoms with Gasteiger partial charge in [-0.1, -0.05) is 103 Å². The van der Waals surface area contributed by atoms with Crippen molar-refractivity contribution in [1.29, 1.82) is 0 Å². The number of rotatable bonds is 6. The van der Waals surface area contributed by atoms with Crippen molar-refractivity contribution in [1.82, 2.24) is 4.98 Å². The minimum atomic E-state index is -0.470. The number of carbonyl (C=O) groups excluding carboxylic acids is 2. The maximum atomic E-state index is 13.5. The number of aryl methyl sites for hydroxylation is 1. The van der Waals surface area contributed by atoms with E-state index in [1.807, 2.05) is 72.8 Å². The molecule has 4 nitrogen and oxygen atoms in total. The number of fused-ring (bicyclic) bond motifs is 2. The van der Waals surface area contributed by atoms with Gasteiger partial charge >= 0.3 is 5.97 Å². The number of hydrogen-bond donors (Lipinski definition) is 0. The highest BCUT2D eigenvalue weighted by Crippen LogP contribution is 2.36. The Morgan fingerprint density at radius 2 is 1.42 bits per heavy atom. The summed E-state index contributed by atoms with van der Waals surface area (Å²) < 4.78 is 5.66. The number of hydrogen-bond acceptors (Lipinski definition) is 4. The number of carbonyl (C=O) groups is 2. The molecular formula is C34H27NO3. The Labute approximate surface area is 221 Å². The van der Waals surface area contributed by atoms with Crippen LogP contribution in [0.4, 0.5) is 0 Å². The predicted molar refractivity (Wildman–Crippen MR) is 149 cm³/mol. The molecule has 186 valence electrons. The van der Waals surface area contributed by atoms with Crippen LogP contribution in [0.15, 0.2) is 109 Å². The minimum Gasteiger partial charge on any atom is -0.454 e. The summed E-state index contributed by atoms with van der Waals surface area (Å²) in [7, 11) is 0. The van der Waals surface area contributed by atoms with Crippen LogP contribution in [0.5, 0.6) is 0 Å². The molecule has 0 fully saturated rings. The summed E-state index contributed by atoms with van der Waals surface area (Å²) in [6.07, 6.45) is 2.50. The van der Waals surface area contributed by atoms with Crippen LogP contribution < -0.4 is 0 Å². The lowest BCUT2D eigenvalue weighted by molar-refractivity contribution is 0.0475. The first-order valence-electron chi connectivity index (χ1n) is 13.0. The first kappa shape index (κ1) is 23.8. The van der Waals surface area contributed by atoms with Crippen molar-refractivity contribution in [2.24, 2.45) is 0 Å². The van der Waals surface area contributed by atoms with Crippen LogP contribution in [0.25, 0.3) is 22.0 Å². The molecule has 0 aliphatic heterocycles. The number of ether oxygens (including phenoxy) is 1. The zero-order chi connectivity index (χ0) is 25.9. The van der Waals surface area contributed by atoms with Gasteiger partial charge in [-0.25, -0.2) is 4.79 Å². The smallest absolute Gasteiger partial charge is 0.339 e. The predicted octanol–water partition coefficient (Wildman–Crippen LogP) is 7.21. The van der Waals surface area contributed by atoms with Crippen molar-refractivity contribution < 1.29 is 14.3 Å². The normalized spacial score (nSPS) is 14.6. The number of pyridine rings is 1. The zero-order valence-corrected chi connectivity index (χ0v) is 21.0. The zero-order valence-electron chi connectivity index (χ0n) is 21.0. The summed E-state index contributed by atoms with van der Waals surface area (Å²) in [6, 6.07) is 35.5. The van der Waals surface area contributed by atoms with E-state index in [0.29, 0.717) is 17.0 Å². The fourth-order valence-corrected chi connectivity index (χ4v) is 5.40. The van der Waals surface area contributed by atoms with Gasteiger partial charge in [-0.2, -0.15) is 0 Å². The summed E-state index contributed by atoms with van der Waals surface area (Å²) in [5.41, 5.74) is 7.10. The van der Waals surface area contributed by atoms with Crippen molar-refractivity contribution in [3.63, 3.8) is 0 Å². The highest BCUT2D eigenvalue weighted by Gasteiger charge is 2.28. The lowest BCUT2D eigenvalue weighted by Gasteiger charge is -2.26. The summed E-state index contributed by atoms with van der Waals surface area (Å²) in [5.74, 6) is -0.391. The molecule has 38 heavy (non-hydrogen) atoms. The lowest BCUT2D eigenvalue weighted by atomic mass is 9.80. The van der Waals surface area contributed by atoms with Crippen molar-refractivity contribution in [3.8, 4) is 11.1 Å². The minimum absolute atomic E-state index is 0.229. The second-order valence-electron chi connectivity index (χ2n) is 9.72. The van der Waals surface area contributed by atoms with E-state index in [4.69, 9.17) is 9.72 Å². The number of aromatic nitrogens is 1. The Hall–Kier alpha value is -4.57. The fourth-order valence-electron chi connectivity index (χ4n) is 5.40. The highest BCUT2D eigenvalue weighted by molar-refractivity contribution is 6.06. The average molecular weight is 498 g/mol. The Kier molecular flexibility index (Phi) is 6.53. The maximum absolute atomic E-state index is 13.5. The van der Waals surface area contributed by atoms with E-state index in [-0.39, 0.29) is 12.4 Å². The molecule has 5 aromatic rings. The molecule has 0 saturated carbocycles. The van der Waals surface area contributed by atoms with Gasteiger partial charge in [0, 0.05) is 16.6 Å². The maximum Gasteiger partial charge on any atom is 0.339 e. The molecule has 1 aliphatic rings. The fraction of sp³-hybridized carbons (Fsp3) is 0.147. The topological polar surface area (TPSA) is 56.3 Å². The summed E-state index contributed by atoms with van der Waals surface area (Å²) in [5, 5.41) is 0.768. The van der Waals surface area contributed by atoms with Gasteiger partial charge in [-0.15, -0.1) is 0 Å². The van der Waals surface area contributed by atoms with Crippen molar-refractivity contribution >= 4 is 22.7 Å². The van der Waals surface area contributed by atoms with Crippen LogP contribution in [-0.4, -0.2) is 23.3 Å². The number of nitrogens with zero attached hydrogens (tertiary/aromatic N) is 1. The third-order valence-electron chi connectivity index (χ3n) is 7.38. The van der Waals surface area contributed by atoms with E-state index in [9.17, 15) is 9.59 Å².